The molecule has 0 spiro atoms. The molecule has 0 atom stereocenters. The Bertz CT molecular complexity index is 146. The van der Waals surface area contributed by atoms with Crippen LogP contribution in [0, 0.1) is 22.7 Å². The van der Waals surface area contributed by atoms with Crippen molar-refractivity contribution in [2.45, 2.75) is 0 Å². The Morgan fingerprint density at radius 3 is 1.88 bits per heavy atom. The second-order valence-electron chi connectivity index (χ2n) is 1.04. The van der Waals surface area contributed by atoms with Crippen LogP contribution in [-0.4, -0.2) is 15.7 Å². The van der Waals surface area contributed by atoms with E-state index in [9.17, 15) is 4.21 Å². The van der Waals surface area contributed by atoms with Gasteiger partial charge in [-0.3, -0.25) is 4.21 Å². The Morgan fingerprint density at radius 2 is 1.62 bits per heavy atom. The average molecular weight is 128 g/mol. The molecule has 0 saturated heterocycles. The number of hydrogen-bond acceptors (Lipinski definition) is 3. The molecular weight excluding hydrogens is 124 g/mol. The highest BCUT2D eigenvalue weighted by Crippen LogP contribution is 1.76. The first kappa shape index (κ1) is 7.13. The summed E-state index contributed by atoms with van der Waals surface area (Å²) >= 11 is 0. The van der Waals surface area contributed by atoms with Gasteiger partial charge in [0.1, 0.15) is 11.5 Å². The third kappa shape index (κ3) is 3.32. The van der Waals surface area contributed by atoms with E-state index in [-0.39, 0.29) is 11.5 Å². The molecule has 0 bridgehead atoms. The molecule has 0 aromatic heterocycles. The predicted octanol–water partition coefficient (Wildman–Crippen LogP) is -0.218. The highest BCUT2D eigenvalue weighted by atomic mass is 32.2. The molecule has 0 aliphatic heterocycles. The standard InChI is InChI=1S/C4H4N2OS/c5-1-3-8(7)4-2-6/h3-4H2. The van der Waals surface area contributed by atoms with Crippen LogP contribution in [0.1, 0.15) is 0 Å². The van der Waals surface area contributed by atoms with Crippen molar-refractivity contribution in [2.24, 2.45) is 0 Å². The third-order valence-electron chi connectivity index (χ3n) is 0.451. The number of hydrogen-bond donors (Lipinski definition) is 0. The summed E-state index contributed by atoms with van der Waals surface area (Å²) in [6.07, 6.45) is 0. The van der Waals surface area contributed by atoms with Gasteiger partial charge in [-0.05, 0) is 0 Å². The summed E-state index contributed by atoms with van der Waals surface area (Å²) in [6, 6.07) is 3.40. The molecule has 0 heterocycles. The van der Waals surface area contributed by atoms with Gasteiger partial charge in [0.15, 0.2) is 0 Å². The quantitative estimate of drug-likeness (QED) is 0.516. The molecule has 0 aliphatic carbocycles. The van der Waals surface area contributed by atoms with Gasteiger partial charge in [-0.1, -0.05) is 0 Å². The smallest absolute Gasteiger partial charge is 0.112 e. The minimum Gasteiger partial charge on any atom is -0.257 e. The molecule has 0 saturated carbocycles. The molecule has 0 rings (SSSR count). The lowest BCUT2D eigenvalue weighted by atomic mass is 10.9. The molecule has 0 unspecified atom stereocenters. The summed E-state index contributed by atoms with van der Waals surface area (Å²) in [6.45, 7) is 0. The molecule has 4 heteroatoms. The van der Waals surface area contributed by atoms with E-state index < -0.39 is 10.8 Å². The second-order valence-corrected chi connectivity index (χ2v) is 2.50. The van der Waals surface area contributed by atoms with Crippen molar-refractivity contribution < 1.29 is 4.21 Å². The molecule has 42 valence electrons. The summed E-state index contributed by atoms with van der Waals surface area (Å²) in [5, 5.41) is 15.8. The molecule has 0 N–H and O–H groups in total. The Labute approximate surface area is 50.0 Å². The zero-order valence-corrected chi connectivity index (χ0v) is 4.94. The van der Waals surface area contributed by atoms with Crippen LogP contribution >= 0.6 is 0 Å². The van der Waals surface area contributed by atoms with Gasteiger partial charge in [0, 0.05) is 10.8 Å². The molecule has 0 aliphatic rings. The normalized spacial score (nSPS) is 7.88. The fraction of sp³-hybridized carbons (Fsp3) is 0.500. The van der Waals surface area contributed by atoms with Crippen LogP contribution in [0.3, 0.4) is 0 Å². The molecule has 0 amide bonds. The fourth-order valence-electron chi connectivity index (χ4n) is 0.195. The molecule has 0 radical (unpaired) electrons. The van der Waals surface area contributed by atoms with Crippen molar-refractivity contribution in [1.82, 2.24) is 0 Å². The van der Waals surface area contributed by atoms with Gasteiger partial charge in [0.2, 0.25) is 0 Å². The first-order chi connectivity index (χ1) is 3.81. The van der Waals surface area contributed by atoms with Crippen molar-refractivity contribution in [3.8, 4) is 12.1 Å². The third-order valence-corrected chi connectivity index (χ3v) is 1.35. The van der Waals surface area contributed by atoms with Crippen LogP contribution in [0.4, 0.5) is 0 Å². The monoisotopic (exact) mass is 128 g/mol. The topological polar surface area (TPSA) is 64.7 Å². The summed E-state index contributed by atoms with van der Waals surface area (Å²) in [5.74, 6) is -0.0683. The van der Waals surface area contributed by atoms with Crippen molar-refractivity contribution in [3.63, 3.8) is 0 Å². The van der Waals surface area contributed by atoms with E-state index in [1.54, 1.807) is 12.1 Å². The minimum atomic E-state index is -1.24. The van der Waals surface area contributed by atoms with Gasteiger partial charge in [0.05, 0.1) is 12.1 Å². The lowest BCUT2D eigenvalue weighted by Crippen LogP contribution is -1.96. The second kappa shape index (κ2) is 4.29. The summed E-state index contributed by atoms with van der Waals surface area (Å²) in [5.41, 5.74) is 0. The maximum Gasteiger partial charge on any atom is 0.112 e. The lowest BCUT2D eigenvalue weighted by molar-refractivity contribution is 0.687. The van der Waals surface area contributed by atoms with Crippen LogP contribution in [0.5, 0.6) is 0 Å². The number of rotatable bonds is 2. The molecule has 0 aromatic carbocycles. The van der Waals surface area contributed by atoms with E-state index in [1.165, 1.54) is 0 Å². The van der Waals surface area contributed by atoms with Crippen LogP contribution in [0.15, 0.2) is 0 Å². The largest absolute Gasteiger partial charge is 0.257 e. The molecule has 3 nitrogen and oxygen atoms in total. The summed E-state index contributed by atoms with van der Waals surface area (Å²) in [7, 11) is -1.24. The van der Waals surface area contributed by atoms with Crippen molar-refractivity contribution in [3.05, 3.63) is 0 Å². The van der Waals surface area contributed by atoms with Crippen LogP contribution < -0.4 is 0 Å². The van der Waals surface area contributed by atoms with Crippen LogP contribution in [-0.2, 0) is 10.8 Å². The average Bonchev–Trinajstić information content (AvgIpc) is 1.68. The van der Waals surface area contributed by atoms with Gasteiger partial charge in [0.25, 0.3) is 0 Å². The van der Waals surface area contributed by atoms with Crippen molar-refractivity contribution >= 4 is 10.8 Å². The van der Waals surface area contributed by atoms with Crippen LogP contribution in [0.2, 0.25) is 0 Å². The molecule has 8 heavy (non-hydrogen) atoms. The Morgan fingerprint density at radius 1 is 1.25 bits per heavy atom. The Hall–Kier alpha value is -0.870. The number of nitriles is 2. The van der Waals surface area contributed by atoms with E-state index in [0.717, 1.165) is 0 Å². The Balaban J connectivity index is 3.41. The van der Waals surface area contributed by atoms with E-state index in [2.05, 4.69) is 0 Å². The predicted molar refractivity (Wildman–Crippen MR) is 29.1 cm³/mol. The summed E-state index contributed by atoms with van der Waals surface area (Å²) in [4.78, 5) is 0. The number of nitrogens with zero attached hydrogens (tertiary/aromatic N) is 2. The highest BCUT2D eigenvalue weighted by molar-refractivity contribution is 7.85. The first-order valence-corrected chi connectivity index (χ1v) is 3.39. The van der Waals surface area contributed by atoms with Gasteiger partial charge in [-0.2, -0.15) is 10.5 Å². The van der Waals surface area contributed by atoms with Gasteiger partial charge >= 0.3 is 0 Å². The van der Waals surface area contributed by atoms with E-state index >= 15 is 0 Å². The fourth-order valence-corrected chi connectivity index (χ4v) is 0.585. The molecule has 0 fully saturated rings. The van der Waals surface area contributed by atoms with Gasteiger partial charge in [-0.15, -0.1) is 0 Å². The zero-order chi connectivity index (χ0) is 6.41. The SMILES string of the molecule is N#CCS(=O)CC#N. The van der Waals surface area contributed by atoms with Crippen LogP contribution in [0.25, 0.3) is 0 Å². The minimum absolute atomic E-state index is 0.0342. The highest BCUT2D eigenvalue weighted by Gasteiger charge is 1.92. The zero-order valence-electron chi connectivity index (χ0n) is 4.13. The van der Waals surface area contributed by atoms with Gasteiger partial charge in [-0.25, -0.2) is 0 Å². The Kier molecular flexibility index (Phi) is 3.83. The lowest BCUT2D eigenvalue weighted by Gasteiger charge is -1.80. The molecule has 0 aromatic rings. The first-order valence-electron chi connectivity index (χ1n) is 1.90. The van der Waals surface area contributed by atoms with Gasteiger partial charge < -0.3 is 0 Å². The van der Waals surface area contributed by atoms with Crippen molar-refractivity contribution in [1.29, 1.82) is 10.5 Å². The summed E-state index contributed by atoms with van der Waals surface area (Å²) < 4.78 is 10.3. The maximum atomic E-state index is 10.3. The molecular formula is C4H4N2OS. The maximum absolute atomic E-state index is 10.3. The van der Waals surface area contributed by atoms with E-state index in [0.29, 0.717) is 0 Å². The van der Waals surface area contributed by atoms with Crippen molar-refractivity contribution in [2.75, 3.05) is 11.5 Å². The van der Waals surface area contributed by atoms with E-state index in [1.807, 2.05) is 0 Å². The van der Waals surface area contributed by atoms with E-state index in [4.69, 9.17) is 10.5 Å².